The molecule has 1 N–H and O–H groups in total. The Morgan fingerprint density at radius 2 is 1.91 bits per heavy atom. The van der Waals surface area contributed by atoms with E-state index < -0.39 is 0 Å². The monoisotopic (exact) mass is 302 g/mol. The summed E-state index contributed by atoms with van der Waals surface area (Å²) in [5.74, 6) is 1.08. The van der Waals surface area contributed by atoms with Crippen molar-refractivity contribution in [2.75, 3.05) is 11.9 Å². The Balaban J connectivity index is 2.21. The summed E-state index contributed by atoms with van der Waals surface area (Å²) in [6.07, 6.45) is 0. The minimum Gasteiger partial charge on any atom is -0.494 e. The Morgan fingerprint density at radius 3 is 2.45 bits per heavy atom. The molecule has 118 valence electrons. The third-order valence-electron chi connectivity index (χ3n) is 3.22. The van der Waals surface area contributed by atoms with Gasteiger partial charge in [-0.05, 0) is 38.1 Å². The molecule has 5 nitrogen and oxygen atoms in total. The van der Waals surface area contributed by atoms with Crippen molar-refractivity contribution >= 4 is 11.6 Å². The Bertz CT molecular complexity index is 652. The van der Waals surface area contributed by atoms with Crippen LogP contribution in [0.2, 0.25) is 0 Å². The van der Waals surface area contributed by atoms with Gasteiger partial charge in [-0.1, -0.05) is 25.9 Å². The highest BCUT2D eigenvalue weighted by atomic mass is 16.5. The number of aryl methyl sites for hydroxylation is 1. The van der Waals surface area contributed by atoms with Gasteiger partial charge in [0.1, 0.15) is 22.8 Å². The van der Waals surface area contributed by atoms with Crippen LogP contribution in [0, 0.1) is 6.92 Å². The molecule has 0 unspecified atom stereocenters. The number of hydrogen-bond acceptors (Lipinski definition) is 4. The van der Waals surface area contributed by atoms with Gasteiger partial charge < -0.3 is 14.6 Å². The lowest BCUT2D eigenvalue weighted by atomic mass is 9.88. The number of anilines is 1. The zero-order valence-electron chi connectivity index (χ0n) is 13.7. The van der Waals surface area contributed by atoms with Crippen molar-refractivity contribution in [2.24, 2.45) is 0 Å². The summed E-state index contributed by atoms with van der Waals surface area (Å²) in [5, 5.41) is 6.90. The van der Waals surface area contributed by atoms with E-state index in [2.05, 4.69) is 10.5 Å². The van der Waals surface area contributed by atoms with Crippen LogP contribution in [0.25, 0.3) is 0 Å². The molecule has 0 bridgehead atoms. The van der Waals surface area contributed by atoms with E-state index in [1.54, 1.807) is 6.92 Å². The highest BCUT2D eigenvalue weighted by Gasteiger charge is 2.28. The highest BCUT2D eigenvalue weighted by Crippen LogP contribution is 2.27. The third kappa shape index (κ3) is 3.47. The standard InChI is InChI=1S/C17H22N2O3/c1-6-21-13-9-7-12(8-10-13)18-16(20)14-11(2)22-19-15(14)17(3,4)5/h7-10H,6H2,1-5H3,(H,18,20). The van der Waals surface area contributed by atoms with E-state index in [4.69, 9.17) is 9.26 Å². The minimum atomic E-state index is -0.261. The van der Waals surface area contributed by atoms with Gasteiger partial charge >= 0.3 is 0 Å². The number of amides is 1. The minimum absolute atomic E-state index is 0.215. The molecule has 1 amide bonds. The van der Waals surface area contributed by atoms with E-state index in [1.165, 1.54) is 0 Å². The van der Waals surface area contributed by atoms with Crippen molar-refractivity contribution in [3.63, 3.8) is 0 Å². The molecule has 0 aliphatic carbocycles. The number of benzene rings is 1. The molecule has 1 aromatic carbocycles. The van der Waals surface area contributed by atoms with Crippen molar-refractivity contribution in [3.05, 3.63) is 41.3 Å². The molecule has 0 radical (unpaired) electrons. The fourth-order valence-corrected chi connectivity index (χ4v) is 2.15. The van der Waals surface area contributed by atoms with Gasteiger partial charge in [-0.25, -0.2) is 0 Å². The maximum Gasteiger partial charge on any atom is 0.261 e. The molecule has 0 aliphatic heterocycles. The normalized spacial score (nSPS) is 11.3. The topological polar surface area (TPSA) is 64.4 Å². The number of rotatable bonds is 4. The highest BCUT2D eigenvalue weighted by molar-refractivity contribution is 6.05. The summed E-state index contributed by atoms with van der Waals surface area (Å²) in [7, 11) is 0. The number of carbonyl (C=O) groups is 1. The molecular weight excluding hydrogens is 280 g/mol. The number of nitrogens with zero attached hydrogens (tertiary/aromatic N) is 1. The number of carbonyl (C=O) groups excluding carboxylic acids is 1. The summed E-state index contributed by atoms with van der Waals surface area (Å²) in [6.45, 7) is 10.3. The molecule has 0 spiro atoms. The van der Waals surface area contributed by atoms with Gasteiger partial charge in [0, 0.05) is 11.1 Å². The van der Waals surface area contributed by atoms with Crippen LogP contribution in [0.3, 0.4) is 0 Å². The predicted molar refractivity (Wildman–Crippen MR) is 85.5 cm³/mol. The first-order valence-corrected chi connectivity index (χ1v) is 7.34. The lowest BCUT2D eigenvalue weighted by molar-refractivity contribution is 0.102. The maximum atomic E-state index is 12.5. The van der Waals surface area contributed by atoms with Crippen molar-refractivity contribution in [1.29, 1.82) is 0 Å². The van der Waals surface area contributed by atoms with Gasteiger partial charge in [0.15, 0.2) is 0 Å². The van der Waals surface area contributed by atoms with Gasteiger partial charge in [0.05, 0.1) is 6.61 Å². The molecule has 0 atom stereocenters. The van der Waals surface area contributed by atoms with E-state index in [1.807, 2.05) is 52.0 Å². The molecule has 1 aromatic heterocycles. The van der Waals surface area contributed by atoms with Gasteiger partial charge in [0.25, 0.3) is 5.91 Å². The summed E-state index contributed by atoms with van der Waals surface area (Å²) in [4.78, 5) is 12.5. The van der Waals surface area contributed by atoms with E-state index in [-0.39, 0.29) is 11.3 Å². The Kier molecular flexibility index (Phi) is 4.54. The zero-order chi connectivity index (χ0) is 16.3. The summed E-state index contributed by atoms with van der Waals surface area (Å²) < 4.78 is 10.6. The Labute approximate surface area is 130 Å². The maximum absolute atomic E-state index is 12.5. The van der Waals surface area contributed by atoms with Gasteiger partial charge in [-0.3, -0.25) is 4.79 Å². The Hall–Kier alpha value is -2.30. The van der Waals surface area contributed by atoms with E-state index >= 15 is 0 Å². The molecule has 0 saturated heterocycles. The molecule has 2 aromatic rings. The van der Waals surface area contributed by atoms with Crippen LogP contribution in [-0.2, 0) is 5.41 Å². The third-order valence-corrected chi connectivity index (χ3v) is 3.22. The van der Waals surface area contributed by atoms with Crippen LogP contribution in [0.15, 0.2) is 28.8 Å². The fourth-order valence-electron chi connectivity index (χ4n) is 2.15. The molecular formula is C17H22N2O3. The first kappa shape index (κ1) is 16.1. The summed E-state index contributed by atoms with van der Waals surface area (Å²) >= 11 is 0. The second kappa shape index (κ2) is 6.22. The Morgan fingerprint density at radius 1 is 1.27 bits per heavy atom. The predicted octanol–water partition coefficient (Wildman–Crippen LogP) is 3.93. The quantitative estimate of drug-likeness (QED) is 0.929. The summed E-state index contributed by atoms with van der Waals surface area (Å²) in [6, 6.07) is 7.26. The van der Waals surface area contributed by atoms with E-state index in [0.29, 0.717) is 29.3 Å². The molecule has 5 heteroatoms. The second-order valence-corrected chi connectivity index (χ2v) is 6.12. The van der Waals surface area contributed by atoms with Crippen LogP contribution in [0.4, 0.5) is 5.69 Å². The second-order valence-electron chi connectivity index (χ2n) is 6.12. The SMILES string of the molecule is CCOc1ccc(NC(=O)c2c(C(C)(C)C)noc2C)cc1. The van der Waals surface area contributed by atoms with Crippen molar-refractivity contribution in [3.8, 4) is 5.75 Å². The smallest absolute Gasteiger partial charge is 0.261 e. The molecule has 0 saturated carbocycles. The number of ether oxygens (including phenoxy) is 1. The van der Waals surface area contributed by atoms with Crippen LogP contribution in [0.5, 0.6) is 5.75 Å². The van der Waals surface area contributed by atoms with Gasteiger partial charge in [0.2, 0.25) is 0 Å². The largest absolute Gasteiger partial charge is 0.494 e. The van der Waals surface area contributed by atoms with E-state index in [9.17, 15) is 4.79 Å². The van der Waals surface area contributed by atoms with Crippen molar-refractivity contribution < 1.29 is 14.1 Å². The fraction of sp³-hybridized carbons (Fsp3) is 0.412. The average molecular weight is 302 g/mol. The van der Waals surface area contributed by atoms with E-state index in [0.717, 1.165) is 5.75 Å². The number of hydrogen-bond donors (Lipinski definition) is 1. The van der Waals surface area contributed by atoms with Crippen molar-refractivity contribution in [1.82, 2.24) is 5.16 Å². The van der Waals surface area contributed by atoms with Gasteiger partial charge in [-0.2, -0.15) is 0 Å². The van der Waals surface area contributed by atoms with Crippen molar-refractivity contribution in [2.45, 2.75) is 40.0 Å². The number of nitrogens with one attached hydrogen (secondary N) is 1. The van der Waals surface area contributed by atoms with Crippen LogP contribution in [-0.4, -0.2) is 17.7 Å². The first-order chi connectivity index (χ1) is 10.3. The van der Waals surface area contributed by atoms with Crippen LogP contribution >= 0.6 is 0 Å². The van der Waals surface area contributed by atoms with Gasteiger partial charge in [-0.15, -0.1) is 0 Å². The zero-order valence-corrected chi connectivity index (χ0v) is 13.7. The lowest BCUT2D eigenvalue weighted by Gasteiger charge is -2.16. The van der Waals surface area contributed by atoms with Crippen LogP contribution in [0.1, 0.15) is 49.5 Å². The molecule has 22 heavy (non-hydrogen) atoms. The first-order valence-electron chi connectivity index (χ1n) is 7.34. The number of aromatic nitrogens is 1. The summed E-state index contributed by atoms with van der Waals surface area (Å²) in [5.41, 5.74) is 1.60. The lowest BCUT2D eigenvalue weighted by Crippen LogP contribution is -2.21. The molecule has 0 fully saturated rings. The molecule has 1 heterocycles. The van der Waals surface area contributed by atoms with Crippen LogP contribution < -0.4 is 10.1 Å². The molecule has 2 rings (SSSR count). The average Bonchev–Trinajstić information content (AvgIpc) is 2.83. The molecule has 0 aliphatic rings.